The van der Waals surface area contributed by atoms with Gasteiger partial charge in [0.1, 0.15) is 5.82 Å². The first-order valence-electron chi connectivity index (χ1n) is 5.32. The molecule has 2 N–H and O–H groups in total. The number of benzene rings is 2. The number of nitrogens with two attached hydrogens (primary N) is 1. The fourth-order valence-corrected chi connectivity index (χ4v) is 2.17. The largest absolute Gasteiger partial charge is 0.318 e. The van der Waals surface area contributed by atoms with Crippen molar-refractivity contribution in [2.24, 2.45) is 5.73 Å². The summed E-state index contributed by atoms with van der Waals surface area (Å²) in [5, 5.41) is 0.613. The van der Waals surface area contributed by atoms with Gasteiger partial charge in [-0.05, 0) is 36.2 Å². The first-order chi connectivity index (χ1) is 8.01. The second kappa shape index (κ2) is 4.47. The van der Waals surface area contributed by atoms with Crippen molar-refractivity contribution in [1.82, 2.24) is 0 Å². The van der Waals surface area contributed by atoms with Crippen LogP contribution >= 0.6 is 11.6 Å². The van der Waals surface area contributed by atoms with Gasteiger partial charge in [-0.2, -0.15) is 0 Å². The highest BCUT2D eigenvalue weighted by Crippen LogP contribution is 2.31. The van der Waals surface area contributed by atoms with Gasteiger partial charge in [-0.15, -0.1) is 0 Å². The van der Waals surface area contributed by atoms with Crippen molar-refractivity contribution in [2.75, 3.05) is 0 Å². The summed E-state index contributed by atoms with van der Waals surface area (Å²) in [7, 11) is 0. The predicted octanol–water partition coefficient (Wildman–Crippen LogP) is 3.70. The molecular weight excluding hydrogens is 237 g/mol. The zero-order valence-corrected chi connectivity index (χ0v) is 10.2. The lowest BCUT2D eigenvalue weighted by Gasteiger charge is -2.26. The van der Waals surface area contributed by atoms with Gasteiger partial charge >= 0.3 is 0 Å². The minimum Gasteiger partial charge on any atom is -0.318 e. The summed E-state index contributed by atoms with van der Waals surface area (Å²) in [6, 6.07) is 13.6. The van der Waals surface area contributed by atoms with Crippen LogP contribution in [0.5, 0.6) is 0 Å². The van der Waals surface area contributed by atoms with E-state index in [1.54, 1.807) is 18.2 Å². The fraction of sp³-hybridized carbons (Fsp3) is 0.143. The SMILES string of the molecule is CC(N)(c1ccc(F)cc1)c1ccccc1Cl. The van der Waals surface area contributed by atoms with Gasteiger partial charge in [-0.1, -0.05) is 41.9 Å². The van der Waals surface area contributed by atoms with Gasteiger partial charge in [-0.25, -0.2) is 4.39 Å². The lowest BCUT2D eigenvalue weighted by atomic mass is 9.86. The normalized spacial score (nSPS) is 14.4. The molecule has 0 heterocycles. The first kappa shape index (κ1) is 12.1. The van der Waals surface area contributed by atoms with E-state index in [0.717, 1.165) is 11.1 Å². The molecular formula is C14H13ClFN. The maximum atomic E-state index is 12.9. The van der Waals surface area contributed by atoms with Crippen LogP contribution in [0.25, 0.3) is 0 Å². The van der Waals surface area contributed by atoms with Crippen LogP contribution in [0.15, 0.2) is 48.5 Å². The third-order valence-electron chi connectivity index (χ3n) is 2.88. The van der Waals surface area contributed by atoms with Crippen LogP contribution in [0, 0.1) is 5.82 Å². The fourth-order valence-electron chi connectivity index (χ4n) is 1.83. The Morgan fingerprint density at radius 2 is 1.65 bits per heavy atom. The Morgan fingerprint density at radius 3 is 2.24 bits per heavy atom. The Hall–Kier alpha value is -1.38. The lowest BCUT2D eigenvalue weighted by Crippen LogP contribution is -2.34. The van der Waals surface area contributed by atoms with Gasteiger partial charge < -0.3 is 5.73 Å². The van der Waals surface area contributed by atoms with Gasteiger partial charge in [0.05, 0.1) is 5.54 Å². The summed E-state index contributed by atoms with van der Waals surface area (Å²) >= 11 is 6.14. The highest BCUT2D eigenvalue weighted by Gasteiger charge is 2.25. The topological polar surface area (TPSA) is 26.0 Å². The van der Waals surface area contributed by atoms with E-state index in [2.05, 4.69) is 0 Å². The zero-order chi connectivity index (χ0) is 12.5. The van der Waals surface area contributed by atoms with Gasteiger partial charge in [0, 0.05) is 5.02 Å². The maximum Gasteiger partial charge on any atom is 0.123 e. The first-order valence-corrected chi connectivity index (χ1v) is 5.69. The highest BCUT2D eigenvalue weighted by molar-refractivity contribution is 6.31. The van der Waals surface area contributed by atoms with Crippen LogP contribution in [-0.4, -0.2) is 0 Å². The van der Waals surface area contributed by atoms with Crippen molar-refractivity contribution >= 4 is 11.6 Å². The second-order valence-corrected chi connectivity index (χ2v) is 4.60. The summed E-state index contributed by atoms with van der Waals surface area (Å²) in [5.74, 6) is -0.274. The van der Waals surface area contributed by atoms with Gasteiger partial charge in [0.15, 0.2) is 0 Å². The molecule has 0 bridgehead atoms. The van der Waals surface area contributed by atoms with Crippen molar-refractivity contribution in [3.05, 3.63) is 70.5 Å². The molecule has 0 aliphatic rings. The molecule has 0 aliphatic carbocycles. The van der Waals surface area contributed by atoms with E-state index >= 15 is 0 Å². The molecule has 2 rings (SSSR count). The van der Waals surface area contributed by atoms with Crippen molar-refractivity contribution in [3.63, 3.8) is 0 Å². The van der Waals surface area contributed by atoms with E-state index in [9.17, 15) is 4.39 Å². The van der Waals surface area contributed by atoms with Gasteiger partial charge in [0.2, 0.25) is 0 Å². The van der Waals surface area contributed by atoms with Crippen LogP contribution < -0.4 is 5.73 Å². The van der Waals surface area contributed by atoms with Crippen molar-refractivity contribution in [1.29, 1.82) is 0 Å². The Kier molecular flexibility index (Phi) is 3.18. The molecule has 0 radical (unpaired) electrons. The molecule has 0 amide bonds. The Balaban J connectivity index is 2.49. The summed E-state index contributed by atoms with van der Waals surface area (Å²) < 4.78 is 12.9. The molecule has 0 saturated carbocycles. The van der Waals surface area contributed by atoms with E-state index in [0.29, 0.717) is 5.02 Å². The van der Waals surface area contributed by atoms with Crippen molar-refractivity contribution in [3.8, 4) is 0 Å². The van der Waals surface area contributed by atoms with Gasteiger partial charge in [-0.3, -0.25) is 0 Å². The molecule has 2 aromatic carbocycles. The third-order valence-corrected chi connectivity index (χ3v) is 3.21. The molecule has 0 fully saturated rings. The number of halogens is 2. The summed E-state index contributed by atoms with van der Waals surface area (Å²) in [6.07, 6.45) is 0. The minimum atomic E-state index is -0.730. The van der Waals surface area contributed by atoms with E-state index in [-0.39, 0.29) is 5.82 Å². The summed E-state index contributed by atoms with van der Waals surface area (Å²) in [4.78, 5) is 0. The monoisotopic (exact) mass is 249 g/mol. The number of rotatable bonds is 2. The average molecular weight is 250 g/mol. The molecule has 1 nitrogen and oxygen atoms in total. The van der Waals surface area contributed by atoms with Crippen LogP contribution in [-0.2, 0) is 5.54 Å². The summed E-state index contributed by atoms with van der Waals surface area (Å²) in [5.41, 5.74) is 7.23. The van der Waals surface area contributed by atoms with E-state index < -0.39 is 5.54 Å². The second-order valence-electron chi connectivity index (χ2n) is 4.19. The molecule has 1 unspecified atom stereocenters. The van der Waals surface area contributed by atoms with E-state index in [4.69, 9.17) is 17.3 Å². The predicted molar refractivity (Wildman–Crippen MR) is 68.5 cm³/mol. The smallest absolute Gasteiger partial charge is 0.123 e. The number of hydrogen-bond donors (Lipinski definition) is 1. The molecule has 17 heavy (non-hydrogen) atoms. The van der Waals surface area contributed by atoms with Gasteiger partial charge in [0.25, 0.3) is 0 Å². The standard InChI is InChI=1S/C14H13ClFN/c1-14(17,10-6-8-11(16)9-7-10)12-4-2-3-5-13(12)15/h2-9H,17H2,1H3. The zero-order valence-electron chi connectivity index (χ0n) is 9.45. The Labute approximate surface area is 105 Å². The quantitative estimate of drug-likeness (QED) is 0.863. The summed E-state index contributed by atoms with van der Waals surface area (Å²) in [6.45, 7) is 1.86. The van der Waals surface area contributed by atoms with Crippen LogP contribution in [0.1, 0.15) is 18.1 Å². The van der Waals surface area contributed by atoms with Crippen molar-refractivity contribution in [2.45, 2.75) is 12.5 Å². The highest BCUT2D eigenvalue weighted by atomic mass is 35.5. The number of hydrogen-bond acceptors (Lipinski definition) is 1. The van der Waals surface area contributed by atoms with Crippen LogP contribution in [0.2, 0.25) is 5.02 Å². The van der Waals surface area contributed by atoms with Crippen molar-refractivity contribution < 1.29 is 4.39 Å². The molecule has 88 valence electrons. The molecule has 0 aromatic heterocycles. The third kappa shape index (κ3) is 2.33. The van der Waals surface area contributed by atoms with E-state index in [1.165, 1.54) is 12.1 Å². The Morgan fingerprint density at radius 1 is 1.06 bits per heavy atom. The lowest BCUT2D eigenvalue weighted by molar-refractivity contribution is 0.593. The van der Waals surface area contributed by atoms with Crippen LogP contribution in [0.4, 0.5) is 4.39 Å². The molecule has 0 spiro atoms. The maximum absolute atomic E-state index is 12.9. The molecule has 3 heteroatoms. The Bertz CT molecular complexity index is 520. The molecule has 2 aromatic rings. The average Bonchev–Trinajstić information content (AvgIpc) is 2.30. The van der Waals surface area contributed by atoms with E-state index in [1.807, 2.05) is 25.1 Å². The molecule has 0 saturated heterocycles. The van der Waals surface area contributed by atoms with Crippen LogP contribution in [0.3, 0.4) is 0 Å². The molecule has 1 atom stereocenters. The minimum absolute atomic E-state index is 0.274. The molecule has 0 aliphatic heterocycles.